The molecule has 0 aliphatic heterocycles. The van der Waals surface area contributed by atoms with Crippen molar-refractivity contribution in [3.63, 3.8) is 0 Å². The lowest BCUT2D eigenvalue weighted by Gasteiger charge is -2.00. The second kappa shape index (κ2) is 3.40. The number of nitrogens with zero attached hydrogens (tertiary/aromatic N) is 1. The van der Waals surface area contributed by atoms with Gasteiger partial charge in [-0.2, -0.15) is 0 Å². The highest BCUT2D eigenvalue weighted by atomic mass is 14.7. The number of rotatable bonds is 1. The molecule has 13 heavy (non-hydrogen) atoms. The zero-order valence-corrected chi connectivity index (χ0v) is 7.14. The first-order valence-corrected chi connectivity index (χ1v) is 4.14. The van der Waals surface area contributed by atoms with Gasteiger partial charge in [0, 0.05) is 18.2 Å². The maximum atomic E-state index is 5.58. The fourth-order valence-electron chi connectivity index (χ4n) is 1.22. The van der Waals surface area contributed by atoms with Crippen molar-refractivity contribution in [3.8, 4) is 11.3 Å². The maximum Gasteiger partial charge on any atom is 0.0705 e. The molecule has 0 aliphatic rings. The van der Waals surface area contributed by atoms with Crippen LogP contribution in [0.2, 0.25) is 0 Å². The number of benzene rings is 1. The topological polar surface area (TPSA) is 12.9 Å². The monoisotopic (exact) mass is 167 g/mol. The summed E-state index contributed by atoms with van der Waals surface area (Å²) in [5, 5.41) is 0. The maximum absolute atomic E-state index is 5.58. The van der Waals surface area contributed by atoms with Crippen LogP contribution in [0.5, 0.6) is 0 Å². The van der Waals surface area contributed by atoms with Crippen LogP contribution in [0, 0.1) is 6.92 Å². The van der Waals surface area contributed by atoms with Gasteiger partial charge in [-0.25, -0.2) is 0 Å². The summed E-state index contributed by atoms with van der Waals surface area (Å²) in [6.45, 7) is 5.58. The molecule has 2 rings (SSSR count). The van der Waals surface area contributed by atoms with Crippen LogP contribution in [0.4, 0.5) is 0 Å². The van der Waals surface area contributed by atoms with Gasteiger partial charge in [0.05, 0.1) is 5.69 Å². The van der Waals surface area contributed by atoms with Crippen LogP contribution in [-0.4, -0.2) is 4.98 Å². The zero-order chi connectivity index (χ0) is 9.10. The van der Waals surface area contributed by atoms with Gasteiger partial charge in [0.25, 0.3) is 0 Å². The van der Waals surface area contributed by atoms with Gasteiger partial charge in [-0.15, -0.1) is 0 Å². The SMILES string of the molecule is [CH]c1cccc(-c2ccccc2)n1. The van der Waals surface area contributed by atoms with Gasteiger partial charge in [0.15, 0.2) is 0 Å². The Hall–Kier alpha value is -1.63. The molecule has 0 N–H and O–H groups in total. The van der Waals surface area contributed by atoms with Gasteiger partial charge in [-0.3, -0.25) is 4.98 Å². The highest BCUT2D eigenvalue weighted by molar-refractivity contribution is 5.58. The summed E-state index contributed by atoms with van der Waals surface area (Å²) in [6, 6.07) is 15.6. The predicted molar refractivity (Wildman–Crippen MR) is 53.1 cm³/mol. The molecule has 0 unspecified atom stereocenters. The fraction of sp³-hybridized carbons (Fsp3) is 0. The Morgan fingerprint density at radius 3 is 2.31 bits per heavy atom. The first-order chi connectivity index (χ1) is 6.36. The van der Waals surface area contributed by atoms with Crippen LogP contribution in [-0.2, 0) is 0 Å². The Bertz CT molecular complexity index is 393. The second-order valence-corrected chi connectivity index (χ2v) is 2.81. The first-order valence-electron chi connectivity index (χ1n) is 4.14. The minimum atomic E-state index is 0.557. The molecular weight excluding hydrogens is 158 g/mol. The van der Waals surface area contributed by atoms with E-state index in [0.717, 1.165) is 11.3 Å². The van der Waals surface area contributed by atoms with Crippen molar-refractivity contribution in [1.82, 2.24) is 4.98 Å². The van der Waals surface area contributed by atoms with E-state index in [4.69, 9.17) is 6.92 Å². The van der Waals surface area contributed by atoms with Crippen molar-refractivity contribution in [2.75, 3.05) is 0 Å². The van der Waals surface area contributed by atoms with Crippen LogP contribution in [0.25, 0.3) is 11.3 Å². The lowest BCUT2D eigenvalue weighted by Crippen LogP contribution is -1.84. The lowest BCUT2D eigenvalue weighted by atomic mass is 10.1. The van der Waals surface area contributed by atoms with Gasteiger partial charge in [-0.1, -0.05) is 36.4 Å². The Morgan fingerprint density at radius 1 is 0.846 bits per heavy atom. The van der Waals surface area contributed by atoms with Crippen LogP contribution in [0.3, 0.4) is 0 Å². The van der Waals surface area contributed by atoms with E-state index >= 15 is 0 Å². The van der Waals surface area contributed by atoms with Gasteiger partial charge in [0.2, 0.25) is 0 Å². The van der Waals surface area contributed by atoms with E-state index < -0.39 is 0 Å². The molecule has 2 radical (unpaired) electrons. The molecule has 0 spiro atoms. The van der Waals surface area contributed by atoms with Crippen LogP contribution >= 0.6 is 0 Å². The third-order valence-corrected chi connectivity index (χ3v) is 1.84. The molecule has 1 aromatic carbocycles. The highest BCUT2D eigenvalue weighted by Crippen LogP contribution is 2.15. The van der Waals surface area contributed by atoms with E-state index in [1.807, 2.05) is 42.5 Å². The van der Waals surface area contributed by atoms with Gasteiger partial charge in [-0.05, 0) is 12.1 Å². The van der Waals surface area contributed by atoms with Crippen molar-refractivity contribution >= 4 is 0 Å². The van der Waals surface area contributed by atoms with Gasteiger partial charge >= 0.3 is 0 Å². The van der Waals surface area contributed by atoms with E-state index in [2.05, 4.69) is 4.98 Å². The lowest BCUT2D eigenvalue weighted by molar-refractivity contribution is 1.27. The molecule has 2 aromatic rings. The molecule has 0 atom stereocenters. The Morgan fingerprint density at radius 2 is 1.62 bits per heavy atom. The summed E-state index contributed by atoms with van der Waals surface area (Å²) in [6.07, 6.45) is 0. The summed E-state index contributed by atoms with van der Waals surface area (Å²) in [7, 11) is 0. The molecule has 0 saturated heterocycles. The van der Waals surface area contributed by atoms with E-state index in [9.17, 15) is 0 Å². The standard InChI is InChI=1S/C12H9N/c1-10-6-5-9-12(13-10)11-7-3-2-4-8-11/h1-9H. The summed E-state index contributed by atoms with van der Waals surface area (Å²) in [5.41, 5.74) is 2.57. The molecule has 1 nitrogen and oxygen atoms in total. The third kappa shape index (κ3) is 1.75. The average molecular weight is 167 g/mol. The second-order valence-electron chi connectivity index (χ2n) is 2.81. The normalized spacial score (nSPS) is 9.92. The van der Waals surface area contributed by atoms with E-state index in [0.29, 0.717) is 5.69 Å². The largest absolute Gasteiger partial charge is 0.253 e. The molecule has 62 valence electrons. The highest BCUT2D eigenvalue weighted by Gasteiger charge is 1.96. The molecule has 0 saturated carbocycles. The predicted octanol–water partition coefficient (Wildman–Crippen LogP) is 2.81. The van der Waals surface area contributed by atoms with Crippen molar-refractivity contribution in [3.05, 3.63) is 61.1 Å². The molecule has 1 aromatic heterocycles. The van der Waals surface area contributed by atoms with E-state index in [1.54, 1.807) is 6.07 Å². The smallest absolute Gasteiger partial charge is 0.0705 e. The third-order valence-electron chi connectivity index (χ3n) is 1.84. The number of hydrogen-bond donors (Lipinski definition) is 0. The van der Waals surface area contributed by atoms with Crippen molar-refractivity contribution in [2.45, 2.75) is 0 Å². The molecule has 1 heteroatoms. The van der Waals surface area contributed by atoms with E-state index in [1.165, 1.54) is 0 Å². The molecule has 0 aliphatic carbocycles. The quantitative estimate of drug-likeness (QED) is 0.636. The summed E-state index contributed by atoms with van der Waals surface area (Å²) >= 11 is 0. The van der Waals surface area contributed by atoms with Gasteiger partial charge < -0.3 is 0 Å². The fourth-order valence-corrected chi connectivity index (χ4v) is 1.22. The molecular formula is C12H9N. The van der Waals surface area contributed by atoms with Gasteiger partial charge in [0.1, 0.15) is 0 Å². The number of hydrogen-bond acceptors (Lipinski definition) is 1. The van der Waals surface area contributed by atoms with Crippen molar-refractivity contribution < 1.29 is 0 Å². The van der Waals surface area contributed by atoms with Crippen LogP contribution < -0.4 is 0 Å². The summed E-state index contributed by atoms with van der Waals surface area (Å²) in [5.74, 6) is 0. The molecule has 1 heterocycles. The zero-order valence-electron chi connectivity index (χ0n) is 7.14. The molecule has 0 fully saturated rings. The van der Waals surface area contributed by atoms with E-state index in [-0.39, 0.29) is 0 Å². The number of aromatic nitrogens is 1. The number of pyridine rings is 1. The Balaban J connectivity index is 2.48. The van der Waals surface area contributed by atoms with Crippen molar-refractivity contribution in [1.29, 1.82) is 0 Å². The van der Waals surface area contributed by atoms with Crippen LogP contribution in [0.1, 0.15) is 5.69 Å². The minimum absolute atomic E-state index is 0.557. The summed E-state index contributed by atoms with van der Waals surface area (Å²) in [4.78, 5) is 4.22. The Kier molecular flexibility index (Phi) is 2.09. The van der Waals surface area contributed by atoms with Crippen LogP contribution in [0.15, 0.2) is 48.5 Å². The Labute approximate surface area is 78.1 Å². The van der Waals surface area contributed by atoms with Crippen molar-refractivity contribution in [2.24, 2.45) is 0 Å². The average Bonchev–Trinajstić information content (AvgIpc) is 2.19. The molecule has 0 bridgehead atoms. The first kappa shape index (κ1) is 7.99. The minimum Gasteiger partial charge on any atom is -0.253 e. The summed E-state index contributed by atoms with van der Waals surface area (Å²) < 4.78 is 0. The molecule has 0 amide bonds.